The standard InChI is InChI=1S/C20H13F3N2O3/c21-20(22,23)28-15-7-5-13(6-8-15)18(26)16-3-1-2-4-17(16)25-19(27)14-9-11-24-12-10-14/h1-12H,(H,25,27). The molecule has 0 aliphatic carbocycles. The van der Waals surface area contributed by atoms with Crippen molar-refractivity contribution in [1.82, 2.24) is 4.98 Å². The molecular weight excluding hydrogens is 373 g/mol. The molecule has 0 fully saturated rings. The summed E-state index contributed by atoms with van der Waals surface area (Å²) in [5.41, 5.74) is 1.00. The van der Waals surface area contributed by atoms with Crippen LogP contribution in [-0.2, 0) is 0 Å². The number of benzene rings is 2. The maximum atomic E-state index is 12.8. The molecule has 142 valence electrons. The molecule has 3 aromatic rings. The van der Waals surface area contributed by atoms with Gasteiger partial charge < -0.3 is 10.1 Å². The molecule has 0 aliphatic heterocycles. The quantitative estimate of drug-likeness (QED) is 0.658. The van der Waals surface area contributed by atoms with Crippen LogP contribution in [0.25, 0.3) is 0 Å². The first kappa shape index (κ1) is 19.1. The summed E-state index contributed by atoms with van der Waals surface area (Å²) in [7, 11) is 0. The molecule has 1 aromatic heterocycles. The maximum absolute atomic E-state index is 12.8. The van der Waals surface area contributed by atoms with Gasteiger partial charge >= 0.3 is 6.36 Å². The number of carbonyl (C=O) groups is 2. The van der Waals surface area contributed by atoms with Crippen molar-refractivity contribution in [2.45, 2.75) is 6.36 Å². The van der Waals surface area contributed by atoms with Gasteiger partial charge in [-0.05, 0) is 48.5 Å². The Balaban J connectivity index is 1.82. The molecule has 0 unspecified atom stereocenters. The Morgan fingerprint density at radius 3 is 2.14 bits per heavy atom. The number of amides is 1. The molecule has 0 atom stereocenters. The summed E-state index contributed by atoms with van der Waals surface area (Å²) in [6, 6.07) is 14.0. The number of anilines is 1. The Labute approximate surface area is 157 Å². The smallest absolute Gasteiger partial charge is 0.406 e. The molecule has 5 nitrogen and oxygen atoms in total. The fourth-order valence-electron chi connectivity index (χ4n) is 2.45. The second kappa shape index (κ2) is 7.91. The minimum Gasteiger partial charge on any atom is -0.406 e. The average molecular weight is 386 g/mol. The molecule has 0 aliphatic rings. The van der Waals surface area contributed by atoms with Gasteiger partial charge in [-0.25, -0.2) is 0 Å². The van der Waals surface area contributed by atoms with Gasteiger partial charge in [0, 0.05) is 29.1 Å². The highest BCUT2D eigenvalue weighted by Crippen LogP contribution is 2.25. The van der Waals surface area contributed by atoms with Gasteiger partial charge in [0.05, 0.1) is 5.69 Å². The van der Waals surface area contributed by atoms with Crippen molar-refractivity contribution in [1.29, 1.82) is 0 Å². The molecule has 0 radical (unpaired) electrons. The number of nitrogens with zero attached hydrogens (tertiary/aromatic N) is 1. The third-order valence-electron chi connectivity index (χ3n) is 3.71. The number of pyridine rings is 1. The van der Waals surface area contributed by atoms with Crippen molar-refractivity contribution in [3.8, 4) is 5.75 Å². The Hall–Kier alpha value is -3.68. The zero-order valence-corrected chi connectivity index (χ0v) is 14.2. The number of rotatable bonds is 5. The third kappa shape index (κ3) is 4.73. The minimum atomic E-state index is -4.81. The molecule has 3 rings (SSSR count). The molecular formula is C20H13F3N2O3. The van der Waals surface area contributed by atoms with Crippen LogP contribution >= 0.6 is 0 Å². The first-order valence-electron chi connectivity index (χ1n) is 8.04. The van der Waals surface area contributed by atoms with Gasteiger partial charge in [0.2, 0.25) is 0 Å². The summed E-state index contributed by atoms with van der Waals surface area (Å²) >= 11 is 0. The number of halogens is 3. The lowest BCUT2D eigenvalue weighted by Crippen LogP contribution is -2.17. The maximum Gasteiger partial charge on any atom is 0.573 e. The van der Waals surface area contributed by atoms with Crippen molar-refractivity contribution in [2.75, 3.05) is 5.32 Å². The number of carbonyl (C=O) groups excluding carboxylic acids is 2. The van der Waals surface area contributed by atoms with Crippen LogP contribution in [-0.4, -0.2) is 23.0 Å². The van der Waals surface area contributed by atoms with Gasteiger partial charge in [0.15, 0.2) is 5.78 Å². The fraction of sp³-hybridized carbons (Fsp3) is 0.0500. The molecule has 1 N–H and O–H groups in total. The van der Waals surface area contributed by atoms with Crippen LogP contribution in [0.3, 0.4) is 0 Å². The first-order valence-corrected chi connectivity index (χ1v) is 8.04. The molecule has 0 saturated heterocycles. The van der Waals surface area contributed by atoms with E-state index in [1.165, 1.54) is 42.7 Å². The molecule has 0 bridgehead atoms. The van der Waals surface area contributed by atoms with Gasteiger partial charge in [-0.2, -0.15) is 0 Å². The number of hydrogen-bond acceptors (Lipinski definition) is 4. The van der Waals surface area contributed by atoms with Gasteiger partial charge in [-0.15, -0.1) is 13.2 Å². The van der Waals surface area contributed by atoms with Gasteiger partial charge in [0.25, 0.3) is 5.91 Å². The van der Waals surface area contributed by atoms with E-state index in [2.05, 4.69) is 15.0 Å². The fourth-order valence-corrected chi connectivity index (χ4v) is 2.45. The largest absolute Gasteiger partial charge is 0.573 e. The van der Waals surface area contributed by atoms with Crippen LogP contribution < -0.4 is 10.1 Å². The van der Waals surface area contributed by atoms with Crippen LogP contribution in [0, 0.1) is 0 Å². The number of nitrogens with one attached hydrogen (secondary N) is 1. The Bertz CT molecular complexity index is 988. The first-order chi connectivity index (χ1) is 13.3. The Kier molecular flexibility index (Phi) is 5.39. The normalized spacial score (nSPS) is 11.0. The lowest BCUT2D eigenvalue weighted by atomic mass is 10.0. The minimum absolute atomic E-state index is 0.153. The SMILES string of the molecule is O=C(Nc1ccccc1C(=O)c1ccc(OC(F)(F)F)cc1)c1ccncc1. The highest BCUT2D eigenvalue weighted by Gasteiger charge is 2.31. The number of hydrogen-bond donors (Lipinski definition) is 1. The van der Waals surface area contributed by atoms with Crippen LogP contribution in [0.1, 0.15) is 26.3 Å². The number of alkyl halides is 3. The van der Waals surface area contributed by atoms with Crippen LogP contribution in [0.2, 0.25) is 0 Å². The van der Waals surface area contributed by atoms with E-state index >= 15 is 0 Å². The summed E-state index contributed by atoms with van der Waals surface area (Å²) in [6.45, 7) is 0. The molecule has 0 spiro atoms. The van der Waals surface area contributed by atoms with E-state index in [0.717, 1.165) is 12.1 Å². The lowest BCUT2D eigenvalue weighted by molar-refractivity contribution is -0.274. The van der Waals surface area contributed by atoms with Gasteiger partial charge in [0.1, 0.15) is 5.75 Å². The molecule has 2 aromatic carbocycles. The topological polar surface area (TPSA) is 68.3 Å². The monoisotopic (exact) mass is 386 g/mol. The predicted molar refractivity (Wildman–Crippen MR) is 95.2 cm³/mol. The zero-order valence-electron chi connectivity index (χ0n) is 14.2. The highest BCUT2D eigenvalue weighted by atomic mass is 19.4. The summed E-state index contributed by atoms with van der Waals surface area (Å²) < 4.78 is 40.5. The van der Waals surface area contributed by atoms with E-state index in [-0.39, 0.29) is 16.8 Å². The van der Waals surface area contributed by atoms with E-state index in [9.17, 15) is 22.8 Å². The van der Waals surface area contributed by atoms with Crippen molar-refractivity contribution < 1.29 is 27.5 Å². The number of aromatic nitrogens is 1. The van der Waals surface area contributed by atoms with Crippen LogP contribution in [0.4, 0.5) is 18.9 Å². The van der Waals surface area contributed by atoms with E-state index < -0.39 is 23.8 Å². The van der Waals surface area contributed by atoms with Crippen LogP contribution in [0.5, 0.6) is 5.75 Å². The average Bonchev–Trinajstić information content (AvgIpc) is 2.68. The lowest BCUT2D eigenvalue weighted by Gasteiger charge is -2.11. The summed E-state index contributed by atoms with van der Waals surface area (Å²) in [5.74, 6) is -1.30. The second-order valence-corrected chi connectivity index (χ2v) is 5.64. The predicted octanol–water partition coefficient (Wildman–Crippen LogP) is 4.46. The van der Waals surface area contributed by atoms with Crippen molar-refractivity contribution in [3.05, 3.63) is 89.7 Å². The number of ether oxygens (including phenoxy) is 1. The summed E-state index contributed by atoms with van der Waals surface area (Å²) in [6.07, 6.45) is -1.87. The Morgan fingerprint density at radius 2 is 1.50 bits per heavy atom. The van der Waals surface area contributed by atoms with Crippen molar-refractivity contribution >= 4 is 17.4 Å². The number of para-hydroxylation sites is 1. The third-order valence-corrected chi connectivity index (χ3v) is 3.71. The molecule has 0 saturated carbocycles. The van der Waals surface area contributed by atoms with Gasteiger partial charge in [-0.3, -0.25) is 14.6 Å². The molecule has 8 heteroatoms. The zero-order chi connectivity index (χ0) is 20.1. The summed E-state index contributed by atoms with van der Waals surface area (Å²) in [5, 5.41) is 2.66. The van der Waals surface area contributed by atoms with E-state index in [0.29, 0.717) is 5.56 Å². The van der Waals surface area contributed by atoms with E-state index in [4.69, 9.17) is 0 Å². The molecule has 1 amide bonds. The molecule has 1 heterocycles. The Morgan fingerprint density at radius 1 is 0.857 bits per heavy atom. The van der Waals surface area contributed by atoms with E-state index in [1.54, 1.807) is 18.2 Å². The van der Waals surface area contributed by atoms with Crippen molar-refractivity contribution in [3.63, 3.8) is 0 Å². The highest BCUT2D eigenvalue weighted by molar-refractivity contribution is 6.15. The van der Waals surface area contributed by atoms with Gasteiger partial charge in [-0.1, -0.05) is 12.1 Å². The van der Waals surface area contributed by atoms with Crippen molar-refractivity contribution in [2.24, 2.45) is 0 Å². The van der Waals surface area contributed by atoms with E-state index in [1.807, 2.05) is 0 Å². The number of ketones is 1. The second-order valence-electron chi connectivity index (χ2n) is 5.64. The van der Waals surface area contributed by atoms with Crippen LogP contribution in [0.15, 0.2) is 73.1 Å². The summed E-state index contributed by atoms with van der Waals surface area (Å²) in [4.78, 5) is 28.9. The molecule has 28 heavy (non-hydrogen) atoms.